The summed E-state index contributed by atoms with van der Waals surface area (Å²) < 4.78 is 0. The minimum absolute atomic E-state index is 0. The summed E-state index contributed by atoms with van der Waals surface area (Å²) in [7, 11) is 2.19. The van der Waals surface area contributed by atoms with E-state index in [1.165, 1.54) is 24.9 Å². The fourth-order valence-electron chi connectivity index (χ4n) is 4.11. The van der Waals surface area contributed by atoms with Crippen LogP contribution in [0.2, 0.25) is 0 Å². The lowest BCUT2D eigenvalue weighted by molar-refractivity contribution is -0.127. The number of aliphatic imine (C=N–C) groups is 1. The summed E-state index contributed by atoms with van der Waals surface area (Å²) in [6.07, 6.45) is 4.06. The van der Waals surface area contributed by atoms with E-state index in [0.717, 1.165) is 38.6 Å². The molecule has 0 spiro atoms. The van der Waals surface area contributed by atoms with Gasteiger partial charge in [0.25, 0.3) is 0 Å². The van der Waals surface area contributed by atoms with Gasteiger partial charge in [-0.3, -0.25) is 9.79 Å². The van der Waals surface area contributed by atoms with Crippen molar-refractivity contribution >= 4 is 35.8 Å². The number of benzene rings is 1. The molecule has 0 aromatic heterocycles. The lowest BCUT2D eigenvalue weighted by Gasteiger charge is -2.21. The zero-order valence-electron chi connectivity index (χ0n) is 17.8. The van der Waals surface area contributed by atoms with E-state index >= 15 is 0 Å². The van der Waals surface area contributed by atoms with E-state index in [0.29, 0.717) is 24.9 Å². The van der Waals surface area contributed by atoms with Crippen molar-refractivity contribution in [1.29, 1.82) is 0 Å². The van der Waals surface area contributed by atoms with Crippen molar-refractivity contribution in [3.63, 3.8) is 0 Å². The molecule has 2 N–H and O–H groups in total. The van der Waals surface area contributed by atoms with Crippen LogP contribution in [-0.2, 0) is 11.2 Å². The molecule has 0 bridgehead atoms. The predicted octanol–water partition coefficient (Wildman–Crippen LogP) is 2.34. The molecule has 2 aliphatic heterocycles. The number of carbonyl (C=O) groups is 1. The molecule has 0 aliphatic carbocycles. The number of rotatable bonds is 8. The number of halogens is 1. The number of likely N-dealkylation sites (tertiary alicyclic amines) is 2. The Morgan fingerprint density at radius 1 is 1.24 bits per heavy atom. The highest BCUT2D eigenvalue weighted by atomic mass is 127. The van der Waals surface area contributed by atoms with Gasteiger partial charge in [-0.25, -0.2) is 0 Å². The highest BCUT2D eigenvalue weighted by molar-refractivity contribution is 14.0. The molecular formula is C22H36IN5O. The van der Waals surface area contributed by atoms with Gasteiger partial charge < -0.3 is 20.4 Å². The van der Waals surface area contributed by atoms with Crippen LogP contribution in [0.1, 0.15) is 31.7 Å². The first-order chi connectivity index (χ1) is 13.7. The molecule has 2 aliphatic rings. The van der Waals surface area contributed by atoms with Gasteiger partial charge >= 0.3 is 0 Å². The van der Waals surface area contributed by atoms with Gasteiger partial charge in [0.15, 0.2) is 5.96 Å². The van der Waals surface area contributed by atoms with E-state index in [1.54, 1.807) is 0 Å². The number of amides is 1. The average Bonchev–Trinajstić information content (AvgIpc) is 3.28. The molecule has 2 atom stereocenters. The molecule has 2 unspecified atom stereocenters. The minimum Gasteiger partial charge on any atom is -0.357 e. The molecule has 0 saturated carbocycles. The zero-order valence-corrected chi connectivity index (χ0v) is 20.1. The molecule has 1 aromatic carbocycles. The van der Waals surface area contributed by atoms with Gasteiger partial charge in [-0.1, -0.05) is 30.3 Å². The van der Waals surface area contributed by atoms with E-state index in [4.69, 9.17) is 4.99 Å². The van der Waals surface area contributed by atoms with Crippen molar-refractivity contribution in [3.8, 4) is 0 Å². The van der Waals surface area contributed by atoms with E-state index < -0.39 is 0 Å². The first-order valence-corrected chi connectivity index (χ1v) is 10.7. The molecule has 7 heteroatoms. The molecular weight excluding hydrogens is 477 g/mol. The largest absolute Gasteiger partial charge is 0.357 e. The van der Waals surface area contributed by atoms with Crippen molar-refractivity contribution in [2.24, 2.45) is 10.9 Å². The van der Waals surface area contributed by atoms with Gasteiger partial charge in [-0.2, -0.15) is 0 Å². The van der Waals surface area contributed by atoms with Gasteiger partial charge in [0, 0.05) is 51.1 Å². The van der Waals surface area contributed by atoms with Crippen LogP contribution in [0.3, 0.4) is 0 Å². The second-order valence-corrected chi connectivity index (χ2v) is 8.02. The molecule has 0 radical (unpaired) electrons. The number of hydrogen-bond acceptors (Lipinski definition) is 3. The van der Waals surface area contributed by atoms with Crippen LogP contribution in [0.5, 0.6) is 0 Å². The Balaban J connectivity index is 0.00000300. The summed E-state index contributed by atoms with van der Waals surface area (Å²) in [6, 6.07) is 11.0. The predicted molar refractivity (Wildman–Crippen MR) is 130 cm³/mol. The SMILES string of the molecule is CCNC(=NCC1CC(=O)N(CCc2ccccc2)C1)NCC1CCCN1C.I. The molecule has 1 aromatic rings. The number of nitrogens with one attached hydrogen (secondary N) is 2. The van der Waals surface area contributed by atoms with Crippen molar-refractivity contribution in [1.82, 2.24) is 20.4 Å². The summed E-state index contributed by atoms with van der Waals surface area (Å²) in [4.78, 5) is 21.5. The first kappa shape index (κ1) is 23.9. The van der Waals surface area contributed by atoms with Crippen LogP contribution in [0.15, 0.2) is 35.3 Å². The minimum atomic E-state index is 0. The molecule has 2 fully saturated rings. The van der Waals surface area contributed by atoms with E-state index in [1.807, 2.05) is 11.0 Å². The smallest absolute Gasteiger partial charge is 0.223 e. The van der Waals surface area contributed by atoms with Crippen LogP contribution >= 0.6 is 24.0 Å². The Morgan fingerprint density at radius 3 is 2.72 bits per heavy atom. The lowest BCUT2D eigenvalue weighted by atomic mass is 10.1. The van der Waals surface area contributed by atoms with Crippen LogP contribution in [0.25, 0.3) is 0 Å². The highest BCUT2D eigenvalue weighted by Gasteiger charge is 2.29. The van der Waals surface area contributed by atoms with Gasteiger partial charge in [0.2, 0.25) is 5.91 Å². The van der Waals surface area contributed by atoms with Crippen LogP contribution in [0.4, 0.5) is 0 Å². The summed E-state index contributed by atoms with van der Waals surface area (Å²) in [5.74, 6) is 1.45. The fourth-order valence-corrected chi connectivity index (χ4v) is 4.11. The van der Waals surface area contributed by atoms with Crippen LogP contribution < -0.4 is 10.6 Å². The molecule has 162 valence electrons. The number of nitrogens with zero attached hydrogens (tertiary/aromatic N) is 3. The summed E-state index contributed by atoms with van der Waals surface area (Å²) in [5, 5.41) is 6.82. The first-order valence-electron chi connectivity index (χ1n) is 10.7. The molecule has 2 heterocycles. The maximum absolute atomic E-state index is 12.4. The monoisotopic (exact) mass is 513 g/mol. The van der Waals surface area contributed by atoms with Gasteiger partial charge in [-0.05, 0) is 45.3 Å². The molecule has 6 nitrogen and oxygen atoms in total. The molecule has 29 heavy (non-hydrogen) atoms. The second-order valence-electron chi connectivity index (χ2n) is 8.02. The quantitative estimate of drug-likeness (QED) is 0.319. The van der Waals surface area contributed by atoms with E-state index in [9.17, 15) is 4.79 Å². The number of likely N-dealkylation sites (N-methyl/N-ethyl adjacent to an activating group) is 1. The van der Waals surface area contributed by atoms with E-state index in [-0.39, 0.29) is 29.9 Å². The van der Waals surface area contributed by atoms with Gasteiger partial charge in [-0.15, -0.1) is 24.0 Å². The Morgan fingerprint density at radius 2 is 2.03 bits per heavy atom. The van der Waals surface area contributed by atoms with E-state index in [2.05, 4.69) is 53.8 Å². The van der Waals surface area contributed by atoms with Crippen molar-refractivity contribution in [3.05, 3.63) is 35.9 Å². The molecule has 3 rings (SSSR count). The lowest BCUT2D eigenvalue weighted by Crippen LogP contribution is -2.44. The number of guanidine groups is 1. The van der Waals surface area contributed by atoms with Crippen LogP contribution in [-0.4, -0.2) is 74.0 Å². The Bertz CT molecular complexity index is 654. The van der Waals surface area contributed by atoms with Gasteiger partial charge in [0.05, 0.1) is 0 Å². The van der Waals surface area contributed by atoms with Crippen LogP contribution in [0, 0.1) is 5.92 Å². The maximum Gasteiger partial charge on any atom is 0.223 e. The zero-order chi connectivity index (χ0) is 19.8. The van der Waals surface area contributed by atoms with Gasteiger partial charge in [0.1, 0.15) is 0 Å². The Hall–Kier alpha value is -1.35. The third kappa shape index (κ3) is 7.44. The van der Waals surface area contributed by atoms with Crippen molar-refractivity contribution in [2.45, 2.75) is 38.6 Å². The highest BCUT2D eigenvalue weighted by Crippen LogP contribution is 2.19. The molecule has 1 amide bonds. The maximum atomic E-state index is 12.4. The van der Waals surface area contributed by atoms with Crippen molar-refractivity contribution in [2.75, 3.05) is 46.3 Å². The third-order valence-electron chi connectivity index (χ3n) is 5.84. The summed E-state index contributed by atoms with van der Waals surface area (Å²) in [5.41, 5.74) is 1.28. The third-order valence-corrected chi connectivity index (χ3v) is 5.84. The number of carbonyl (C=O) groups excluding carboxylic acids is 1. The topological polar surface area (TPSA) is 60.0 Å². The standard InChI is InChI=1S/C22H35N5O.HI/c1-3-23-22(25-16-20-10-7-12-26(20)2)24-15-19-14-21(28)27(17-19)13-11-18-8-5-4-6-9-18;/h4-6,8-9,19-20H,3,7,10-17H2,1-2H3,(H2,23,24,25);1H. The van der Waals surface area contributed by atoms with Crippen molar-refractivity contribution < 1.29 is 4.79 Å². The second kappa shape index (κ2) is 12.4. The normalized spacial score (nSPS) is 22.6. The average molecular weight is 513 g/mol. The Kier molecular flexibility index (Phi) is 10.2. The molecule has 2 saturated heterocycles. The number of hydrogen-bond donors (Lipinski definition) is 2. The summed E-state index contributed by atoms with van der Waals surface area (Å²) in [6.45, 7) is 7.36. The fraction of sp³-hybridized carbons (Fsp3) is 0.636. The Labute approximate surface area is 192 Å². The summed E-state index contributed by atoms with van der Waals surface area (Å²) >= 11 is 0.